The molecule has 0 radical (unpaired) electrons. The van der Waals surface area contributed by atoms with Crippen molar-refractivity contribution in [1.29, 1.82) is 0 Å². The molecule has 14 heavy (non-hydrogen) atoms. The molecular formula is C11H20N2S. The summed E-state index contributed by atoms with van der Waals surface area (Å²) in [6, 6.07) is 0.608. The van der Waals surface area contributed by atoms with Crippen LogP contribution in [0.1, 0.15) is 37.4 Å². The standard InChI is InChI=1S/C11H20N2S/c1-9(2)12-7-5-4-6-11-8-14-10(3)13-11/h8-9,12H,4-7H2,1-3H3. The minimum Gasteiger partial charge on any atom is -0.315 e. The first kappa shape index (κ1) is 11.7. The largest absolute Gasteiger partial charge is 0.315 e. The Balaban J connectivity index is 2.04. The molecular weight excluding hydrogens is 192 g/mol. The number of aryl methyl sites for hydroxylation is 2. The van der Waals surface area contributed by atoms with Gasteiger partial charge in [0.25, 0.3) is 0 Å². The van der Waals surface area contributed by atoms with Crippen molar-refractivity contribution >= 4 is 11.3 Å². The zero-order chi connectivity index (χ0) is 10.4. The first-order valence-corrected chi connectivity index (χ1v) is 6.21. The average molecular weight is 212 g/mol. The number of thiazole rings is 1. The molecule has 0 aliphatic rings. The number of nitrogens with one attached hydrogen (secondary N) is 1. The molecule has 0 unspecified atom stereocenters. The number of hydrogen-bond donors (Lipinski definition) is 1. The molecule has 1 N–H and O–H groups in total. The van der Waals surface area contributed by atoms with Crippen LogP contribution in [-0.2, 0) is 6.42 Å². The van der Waals surface area contributed by atoms with E-state index in [4.69, 9.17) is 0 Å². The smallest absolute Gasteiger partial charge is 0.0897 e. The van der Waals surface area contributed by atoms with Crippen LogP contribution in [0.2, 0.25) is 0 Å². The normalized spacial score (nSPS) is 11.1. The van der Waals surface area contributed by atoms with E-state index in [1.54, 1.807) is 11.3 Å². The molecule has 0 bridgehead atoms. The van der Waals surface area contributed by atoms with Crippen LogP contribution in [0.4, 0.5) is 0 Å². The summed E-state index contributed by atoms with van der Waals surface area (Å²) in [5.41, 5.74) is 1.26. The number of hydrogen-bond acceptors (Lipinski definition) is 3. The van der Waals surface area contributed by atoms with E-state index >= 15 is 0 Å². The predicted octanol–water partition coefficient (Wildman–Crippen LogP) is 2.77. The van der Waals surface area contributed by atoms with Crippen LogP contribution in [0.25, 0.3) is 0 Å². The van der Waals surface area contributed by atoms with Crippen molar-refractivity contribution in [2.24, 2.45) is 0 Å². The van der Waals surface area contributed by atoms with Crippen LogP contribution < -0.4 is 5.32 Å². The SMILES string of the molecule is Cc1nc(CCCCNC(C)C)cs1. The Bertz CT molecular complexity index is 256. The summed E-state index contributed by atoms with van der Waals surface area (Å²) in [6.45, 7) is 7.56. The fourth-order valence-electron chi connectivity index (χ4n) is 1.34. The van der Waals surface area contributed by atoms with Crippen molar-refractivity contribution < 1.29 is 0 Å². The van der Waals surface area contributed by atoms with Gasteiger partial charge in [0, 0.05) is 11.4 Å². The Morgan fingerprint density at radius 1 is 1.43 bits per heavy atom. The van der Waals surface area contributed by atoms with Crippen molar-refractivity contribution in [3.8, 4) is 0 Å². The summed E-state index contributed by atoms with van der Waals surface area (Å²) in [6.07, 6.45) is 3.61. The first-order valence-electron chi connectivity index (χ1n) is 5.33. The van der Waals surface area contributed by atoms with Crippen LogP contribution in [0, 0.1) is 6.92 Å². The quantitative estimate of drug-likeness (QED) is 0.733. The third kappa shape index (κ3) is 4.72. The molecule has 2 nitrogen and oxygen atoms in total. The van der Waals surface area contributed by atoms with Crippen LogP contribution in [0.3, 0.4) is 0 Å². The van der Waals surface area contributed by atoms with Gasteiger partial charge in [-0.1, -0.05) is 13.8 Å². The molecule has 1 rings (SSSR count). The average Bonchev–Trinajstić information content (AvgIpc) is 2.50. The van der Waals surface area contributed by atoms with E-state index in [-0.39, 0.29) is 0 Å². The second-order valence-corrected chi connectivity index (χ2v) is 4.99. The van der Waals surface area contributed by atoms with Gasteiger partial charge in [0.2, 0.25) is 0 Å². The second kappa shape index (κ2) is 6.14. The highest BCUT2D eigenvalue weighted by molar-refractivity contribution is 7.09. The maximum atomic E-state index is 4.44. The summed E-state index contributed by atoms with van der Waals surface area (Å²) >= 11 is 1.75. The molecule has 0 amide bonds. The summed E-state index contributed by atoms with van der Waals surface area (Å²) < 4.78 is 0. The van der Waals surface area contributed by atoms with Crippen LogP contribution in [0.5, 0.6) is 0 Å². The summed E-state index contributed by atoms with van der Waals surface area (Å²) in [7, 11) is 0. The van der Waals surface area contributed by atoms with Crippen molar-refractivity contribution in [2.75, 3.05) is 6.54 Å². The minimum atomic E-state index is 0.608. The highest BCUT2D eigenvalue weighted by Crippen LogP contribution is 2.10. The van der Waals surface area contributed by atoms with Gasteiger partial charge in [-0.15, -0.1) is 11.3 Å². The molecule has 0 saturated carbocycles. The van der Waals surface area contributed by atoms with Gasteiger partial charge in [0.15, 0.2) is 0 Å². The molecule has 0 fully saturated rings. The predicted molar refractivity (Wildman–Crippen MR) is 62.9 cm³/mol. The van der Waals surface area contributed by atoms with Crippen molar-refractivity contribution in [3.63, 3.8) is 0 Å². The topological polar surface area (TPSA) is 24.9 Å². The van der Waals surface area contributed by atoms with Gasteiger partial charge in [0.1, 0.15) is 0 Å². The molecule has 0 aromatic carbocycles. The summed E-state index contributed by atoms with van der Waals surface area (Å²) in [5.74, 6) is 0. The third-order valence-corrected chi connectivity index (χ3v) is 2.90. The molecule has 1 aromatic rings. The van der Waals surface area contributed by atoms with E-state index in [0.29, 0.717) is 6.04 Å². The maximum absolute atomic E-state index is 4.44. The van der Waals surface area contributed by atoms with E-state index in [9.17, 15) is 0 Å². The van der Waals surface area contributed by atoms with Gasteiger partial charge >= 0.3 is 0 Å². The van der Waals surface area contributed by atoms with E-state index < -0.39 is 0 Å². The van der Waals surface area contributed by atoms with Gasteiger partial charge < -0.3 is 5.32 Å². The first-order chi connectivity index (χ1) is 6.68. The van der Waals surface area contributed by atoms with Gasteiger partial charge in [-0.2, -0.15) is 0 Å². The lowest BCUT2D eigenvalue weighted by Crippen LogP contribution is -2.23. The fourth-order valence-corrected chi connectivity index (χ4v) is 1.99. The van der Waals surface area contributed by atoms with Gasteiger partial charge in [-0.3, -0.25) is 0 Å². The van der Waals surface area contributed by atoms with E-state index in [0.717, 1.165) is 13.0 Å². The Morgan fingerprint density at radius 3 is 2.79 bits per heavy atom. The Morgan fingerprint density at radius 2 is 2.21 bits per heavy atom. The highest BCUT2D eigenvalue weighted by Gasteiger charge is 1.98. The van der Waals surface area contributed by atoms with Gasteiger partial charge in [0.05, 0.1) is 10.7 Å². The maximum Gasteiger partial charge on any atom is 0.0897 e. The fraction of sp³-hybridized carbons (Fsp3) is 0.727. The number of rotatable bonds is 6. The van der Waals surface area contributed by atoms with Crippen molar-refractivity contribution in [2.45, 2.75) is 46.1 Å². The zero-order valence-corrected chi connectivity index (χ0v) is 10.2. The van der Waals surface area contributed by atoms with Crippen molar-refractivity contribution in [1.82, 2.24) is 10.3 Å². The van der Waals surface area contributed by atoms with E-state index in [1.165, 1.54) is 23.5 Å². The summed E-state index contributed by atoms with van der Waals surface area (Å²) in [4.78, 5) is 4.44. The van der Waals surface area contributed by atoms with Crippen molar-refractivity contribution in [3.05, 3.63) is 16.1 Å². The molecule has 0 aliphatic carbocycles. The Hall–Kier alpha value is -0.410. The lowest BCUT2D eigenvalue weighted by atomic mass is 10.2. The van der Waals surface area contributed by atoms with Crippen LogP contribution >= 0.6 is 11.3 Å². The molecule has 0 aliphatic heterocycles. The van der Waals surface area contributed by atoms with Crippen LogP contribution in [-0.4, -0.2) is 17.6 Å². The van der Waals surface area contributed by atoms with E-state index in [1.807, 2.05) is 0 Å². The lowest BCUT2D eigenvalue weighted by Gasteiger charge is -2.06. The molecule has 0 atom stereocenters. The second-order valence-electron chi connectivity index (χ2n) is 3.92. The molecule has 1 aromatic heterocycles. The number of unbranched alkanes of at least 4 members (excludes halogenated alkanes) is 1. The third-order valence-electron chi connectivity index (χ3n) is 2.08. The highest BCUT2D eigenvalue weighted by atomic mass is 32.1. The molecule has 3 heteroatoms. The number of aromatic nitrogens is 1. The lowest BCUT2D eigenvalue weighted by molar-refractivity contribution is 0.556. The Kier molecular flexibility index (Phi) is 5.12. The zero-order valence-electron chi connectivity index (χ0n) is 9.34. The number of nitrogens with zero attached hydrogens (tertiary/aromatic N) is 1. The van der Waals surface area contributed by atoms with E-state index in [2.05, 4.69) is 36.5 Å². The van der Waals surface area contributed by atoms with Crippen LogP contribution in [0.15, 0.2) is 5.38 Å². The molecule has 80 valence electrons. The van der Waals surface area contributed by atoms with Gasteiger partial charge in [-0.25, -0.2) is 4.98 Å². The monoisotopic (exact) mass is 212 g/mol. The summed E-state index contributed by atoms with van der Waals surface area (Å²) in [5, 5.41) is 6.77. The molecule has 1 heterocycles. The molecule has 0 spiro atoms. The minimum absolute atomic E-state index is 0.608. The molecule has 0 saturated heterocycles. The Labute approximate surface area is 90.8 Å². The van der Waals surface area contributed by atoms with Gasteiger partial charge in [-0.05, 0) is 32.7 Å².